The van der Waals surface area contributed by atoms with Gasteiger partial charge in [-0.2, -0.15) is 0 Å². The first-order valence-corrected chi connectivity index (χ1v) is 19.7. The van der Waals surface area contributed by atoms with Gasteiger partial charge in [0.2, 0.25) is 0 Å². The second-order valence-electron chi connectivity index (χ2n) is 16.6. The second kappa shape index (κ2) is 11.9. The molecule has 0 fully saturated rings. The number of hydrogen-bond donors (Lipinski definition) is 0. The molecule has 1 heterocycles. The Bertz CT molecular complexity index is 3080. The van der Waals surface area contributed by atoms with Crippen LogP contribution in [0.3, 0.4) is 0 Å². The van der Waals surface area contributed by atoms with E-state index in [0.29, 0.717) is 0 Å². The SMILES string of the molecule is CC1(C)c2ccccc2-c2ccc(-c3cc(-c4ccccc4)nc(-c4ccc(-c5cccc6c5C(C)(C)c5cc7ccccc7cc5-6)c5ccccc45)n3)cc21. The summed E-state index contributed by atoms with van der Waals surface area (Å²) in [6.45, 7) is 9.44. The number of benzene rings is 8. The van der Waals surface area contributed by atoms with Gasteiger partial charge in [-0.25, -0.2) is 9.97 Å². The van der Waals surface area contributed by atoms with Crippen LogP contribution in [0.5, 0.6) is 0 Å². The van der Waals surface area contributed by atoms with Crippen LogP contribution in [0.25, 0.3) is 88.8 Å². The Labute approximate surface area is 328 Å². The van der Waals surface area contributed by atoms with E-state index >= 15 is 0 Å². The zero-order valence-electron chi connectivity index (χ0n) is 32.1. The number of fused-ring (bicyclic) bond motifs is 8. The summed E-state index contributed by atoms with van der Waals surface area (Å²) in [4.78, 5) is 10.7. The third-order valence-electron chi connectivity index (χ3n) is 12.7. The maximum Gasteiger partial charge on any atom is 0.161 e. The monoisotopic (exact) mass is 716 g/mol. The number of aromatic nitrogens is 2. The van der Waals surface area contributed by atoms with E-state index in [2.05, 4.69) is 198 Å². The minimum absolute atomic E-state index is 0.104. The van der Waals surface area contributed by atoms with Gasteiger partial charge in [0.1, 0.15) is 0 Å². The maximum atomic E-state index is 5.40. The Morgan fingerprint density at radius 3 is 1.68 bits per heavy atom. The molecule has 2 heteroatoms. The largest absolute Gasteiger partial charge is 0.228 e. The van der Waals surface area contributed by atoms with Gasteiger partial charge in [0.05, 0.1) is 11.4 Å². The van der Waals surface area contributed by atoms with Crippen molar-refractivity contribution < 1.29 is 0 Å². The van der Waals surface area contributed by atoms with Crippen molar-refractivity contribution in [2.24, 2.45) is 0 Å². The van der Waals surface area contributed by atoms with E-state index in [4.69, 9.17) is 9.97 Å². The average Bonchev–Trinajstić information content (AvgIpc) is 3.61. The first-order chi connectivity index (χ1) is 27.3. The standard InChI is InChI=1S/C54H40N2/c1-53(2)46-24-13-12-21-40(46)41-26-25-36(31-47(41)53)50-32-49(33-15-6-5-7-16-33)55-52(56-50)44-28-27-39(37-19-10-11-20-38(37)44)42-22-14-23-43-45-29-34-17-8-9-18-35(34)30-48(45)54(3,4)51(42)43/h5-32H,1-4H3. The fourth-order valence-electron chi connectivity index (χ4n) is 9.85. The van der Waals surface area contributed by atoms with Gasteiger partial charge < -0.3 is 0 Å². The van der Waals surface area contributed by atoms with Crippen LogP contribution in [0.15, 0.2) is 170 Å². The molecule has 1 aromatic heterocycles. The molecule has 8 aromatic carbocycles. The van der Waals surface area contributed by atoms with Gasteiger partial charge in [-0.05, 0) is 108 Å². The number of hydrogen-bond acceptors (Lipinski definition) is 2. The maximum absolute atomic E-state index is 5.40. The third kappa shape index (κ3) is 4.75. The lowest BCUT2D eigenvalue weighted by Gasteiger charge is -2.25. The lowest BCUT2D eigenvalue weighted by Crippen LogP contribution is -2.16. The predicted octanol–water partition coefficient (Wildman–Crippen LogP) is 14.1. The predicted molar refractivity (Wildman–Crippen MR) is 234 cm³/mol. The molecule has 0 aliphatic heterocycles. The van der Waals surface area contributed by atoms with Crippen LogP contribution in [0.2, 0.25) is 0 Å². The molecule has 9 aromatic rings. The van der Waals surface area contributed by atoms with Crippen molar-refractivity contribution >= 4 is 21.5 Å². The zero-order valence-corrected chi connectivity index (χ0v) is 32.1. The molecule has 0 amide bonds. The van der Waals surface area contributed by atoms with E-state index in [-0.39, 0.29) is 10.8 Å². The fraction of sp³-hybridized carbons (Fsp3) is 0.111. The highest BCUT2D eigenvalue weighted by molar-refractivity contribution is 6.06. The van der Waals surface area contributed by atoms with E-state index in [0.717, 1.165) is 39.3 Å². The van der Waals surface area contributed by atoms with Crippen LogP contribution in [-0.2, 0) is 10.8 Å². The lowest BCUT2D eigenvalue weighted by molar-refractivity contribution is 0.660. The Morgan fingerprint density at radius 1 is 0.339 bits per heavy atom. The van der Waals surface area contributed by atoms with E-state index in [1.165, 1.54) is 71.8 Å². The summed E-state index contributed by atoms with van der Waals surface area (Å²) in [7, 11) is 0. The van der Waals surface area contributed by atoms with Crippen LogP contribution >= 0.6 is 0 Å². The molecule has 0 atom stereocenters. The molecule has 11 rings (SSSR count). The Hall–Kier alpha value is -6.64. The second-order valence-corrected chi connectivity index (χ2v) is 16.6. The molecule has 2 aliphatic carbocycles. The lowest BCUT2D eigenvalue weighted by atomic mass is 9.78. The Morgan fingerprint density at radius 2 is 0.893 bits per heavy atom. The molecule has 0 radical (unpaired) electrons. The van der Waals surface area contributed by atoms with Crippen LogP contribution in [0.1, 0.15) is 49.9 Å². The highest BCUT2D eigenvalue weighted by Gasteiger charge is 2.38. The molecule has 0 saturated carbocycles. The quantitative estimate of drug-likeness (QED) is 0.181. The van der Waals surface area contributed by atoms with E-state index in [9.17, 15) is 0 Å². The van der Waals surface area contributed by atoms with Crippen LogP contribution in [0, 0.1) is 0 Å². The molecular weight excluding hydrogens is 677 g/mol. The summed E-state index contributed by atoms with van der Waals surface area (Å²) >= 11 is 0. The highest BCUT2D eigenvalue weighted by Crippen LogP contribution is 2.54. The van der Waals surface area contributed by atoms with Gasteiger partial charge in [-0.3, -0.25) is 0 Å². The van der Waals surface area contributed by atoms with Crippen molar-refractivity contribution in [2.45, 2.75) is 38.5 Å². The van der Waals surface area contributed by atoms with Crippen molar-refractivity contribution in [3.05, 3.63) is 192 Å². The fourth-order valence-corrected chi connectivity index (χ4v) is 9.85. The Balaban J connectivity index is 1.09. The molecular formula is C54H40N2. The van der Waals surface area contributed by atoms with Gasteiger partial charge in [0.15, 0.2) is 5.82 Å². The van der Waals surface area contributed by atoms with Crippen molar-refractivity contribution in [3.8, 4) is 67.3 Å². The summed E-state index contributed by atoms with van der Waals surface area (Å²) in [5.74, 6) is 0.727. The smallest absolute Gasteiger partial charge is 0.161 e. The molecule has 0 N–H and O–H groups in total. The van der Waals surface area contributed by atoms with Crippen LogP contribution in [0.4, 0.5) is 0 Å². The molecule has 266 valence electrons. The van der Waals surface area contributed by atoms with Gasteiger partial charge in [0.25, 0.3) is 0 Å². The van der Waals surface area contributed by atoms with E-state index in [1.54, 1.807) is 0 Å². The van der Waals surface area contributed by atoms with Gasteiger partial charge in [-0.1, -0.05) is 167 Å². The highest BCUT2D eigenvalue weighted by atomic mass is 14.9. The van der Waals surface area contributed by atoms with Crippen molar-refractivity contribution in [1.82, 2.24) is 9.97 Å². The number of rotatable bonds is 4. The minimum atomic E-state index is -0.168. The average molecular weight is 717 g/mol. The molecule has 2 aliphatic rings. The normalized spacial score (nSPS) is 14.4. The molecule has 0 spiro atoms. The van der Waals surface area contributed by atoms with E-state index < -0.39 is 0 Å². The van der Waals surface area contributed by atoms with Crippen molar-refractivity contribution in [2.75, 3.05) is 0 Å². The molecule has 0 unspecified atom stereocenters. The first kappa shape index (κ1) is 32.8. The topological polar surface area (TPSA) is 25.8 Å². The third-order valence-corrected chi connectivity index (χ3v) is 12.7. The minimum Gasteiger partial charge on any atom is -0.228 e. The zero-order chi connectivity index (χ0) is 37.8. The van der Waals surface area contributed by atoms with Crippen molar-refractivity contribution in [1.29, 1.82) is 0 Å². The molecule has 2 nitrogen and oxygen atoms in total. The van der Waals surface area contributed by atoms with Crippen LogP contribution < -0.4 is 0 Å². The number of nitrogens with zero attached hydrogens (tertiary/aromatic N) is 2. The molecule has 0 bridgehead atoms. The summed E-state index contributed by atoms with van der Waals surface area (Å²) in [5.41, 5.74) is 18.0. The van der Waals surface area contributed by atoms with Gasteiger partial charge in [0, 0.05) is 27.5 Å². The Kier molecular flexibility index (Phi) is 6.98. The first-order valence-electron chi connectivity index (χ1n) is 19.7. The van der Waals surface area contributed by atoms with E-state index in [1.807, 2.05) is 0 Å². The summed E-state index contributed by atoms with van der Waals surface area (Å²) in [5, 5.41) is 4.90. The van der Waals surface area contributed by atoms with Gasteiger partial charge >= 0.3 is 0 Å². The molecule has 56 heavy (non-hydrogen) atoms. The summed E-state index contributed by atoms with van der Waals surface area (Å²) < 4.78 is 0. The van der Waals surface area contributed by atoms with Crippen molar-refractivity contribution in [3.63, 3.8) is 0 Å². The van der Waals surface area contributed by atoms with Gasteiger partial charge in [-0.15, -0.1) is 0 Å². The van der Waals surface area contributed by atoms with Crippen LogP contribution in [-0.4, -0.2) is 9.97 Å². The summed E-state index contributed by atoms with van der Waals surface area (Å²) in [6.07, 6.45) is 0. The summed E-state index contributed by atoms with van der Waals surface area (Å²) in [6, 6.07) is 62.0. The molecule has 0 saturated heterocycles.